The van der Waals surface area contributed by atoms with Crippen molar-refractivity contribution in [1.82, 2.24) is 20.8 Å². The number of rotatable bonds is 5. The van der Waals surface area contributed by atoms with E-state index >= 15 is 0 Å². The predicted octanol–water partition coefficient (Wildman–Crippen LogP) is -0.621. The zero-order chi connectivity index (χ0) is 18.7. The molecular formula is C14H19FN4O6. The third-order valence-corrected chi connectivity index (χ3v) is 3.61. The minimum Gasteiger partial charge on any atom is -0.462 e. The summed E-state index contributed by atoms with van der Waals surface area (Å²) in [6, 6.07) is -2.40. The second-order valence-corrected chi connectivity index (χ2v) is 5.49. The van der Waals surface area contributed by atoms with Crippen LogP contribution in [0.3, 0.4) is 0 Å². The van der Waals surface area contributed by atoms with Crippen LogP contribution in [0.15, 0.2) is 11.6 Å². The number of carbonyl (C=O) groups is 4. The Morgan fingerprint density at radius 2 is 2.08 bits per heavy atom. The highest BCUT2D eigenvalue weighted by atomic mass is 19.1. The number of hydrogen-bond acceptors (Lipinski definition) is 6. The molecule has 2 heterocycles. The van der Waals surface area contributed by atoms with Crippen molar-refractivity contribution in [3.63, 3.8) is 0 Å². The van der Waals surface area contributed by atoms with Gasteiger partial charge in [-0.15, -0.1) is 0 Å². The molecule has 1 fully saturated rings. The molecule has 138 valence electrons. The van der Waals surface area contributed by atoms with E-state index in [0.29, 0.717) is 10.6 Å². The summed E-state index contributed by atoms with van der Waals surface area (Å²) in [7, 11) is 0. The van der Waals surface area contributed by atoms with Crippen molar-refractivity contribution in [3.8, 4) is 0 Å². The molecule has 2 unspecified atom stereocenters. The third kappa shape index (κ3) is 3.87. The van der Waals surface area contributed by atoms with Gasteiger partial charge in [0, 0.05) is 6.92 Å². The lowest BCUT2D eigenvalue weighted by atomic mass is 10.0. The minimum absolute atomic E-state index is 0.0312. The Morgan fingerprint density at radius 1 is 1.40 bits per heavy atom. The van der Waals surface area contributed by atoms with Crippen LogP contribution >= 0.6 is 0 Å². The molecule has 10 nitrogen and oxygen atoms in total. The molecule has 0 aromatic heterocycles. The molecule has 2 N–H and O–H groups in total. The van der Waals surface area contributed by atoms with Crippen molar-refractivity contribution in [2.75, 3.05) is 13.2 Å². The summed E-state index contributed by atoms with van der Waals surface area (Å²) < 4.78 is 18.3. The fourth-order valence-corrected chi connectivity index (χ4v) is 2.64. The van der Waals surface area contributed by atoms with Gasteiger partial charge >= 0.3 is 18.4 Å². The highest BCUT2D eigenvalue weighted by Gasteiger charge is 2.48. The molecule has 2 aliphatic rings. The van der Waals surface area contributed by atoms with Crippen molar-refractivity contribution in [2.24, 2.45) is 0 Å². The number of carbonyl (C=O) groups excluding carboxylic acids is 4. The molecule has 0 aromatic carbocycles. The first-order valence-electron chi connectivity index (χ1n) is 7.58. The molecule has 2 rings (SSSR count). The summed E-state index contributed by atoms with van der Waals surface area (Å²) in [5.41, 5.74) is 4.85. The number of hydrogen-bond donors (Lipinski definition) is 2. The highest BCUT2D eigenvalue weighted by molar-refractivity contribution is 5.92. The number of amides is 4. The van der Waals surface area contributed by atoms with E-state index in [0.717, 1.165) is 4.90 Å². The Hall–Kier alpha value is -2.69. The summed E-state index contributed by atoms with van der Waals surface area (Å²) in [5.74, 6) is -2.34. The Labute approximate surface area is 142 Å². The Balaban J connectivity index is 2.09. The van der Waals surface area contributed by atoms with Crippen molar-refractivity contribution in [1.29, 1.82) is 0 Å². The number of fused-ring (bicyclic) bond motifs is 2. The van der Waals surface area contributed by atoms with Gasteiger partial charge in [0.1, 0.15) is 6.04 Å². The Kier molecular flexibility index (Phi) is 5.57. The summed E-state index contributed by atoms with van der Waals surface area (Å²) >= 11 is 0. The number of halogens is 1. The zero-order valence-electron chi connectivity index (χ0n) is 13.9. The molecule has 11 heteroatoms. The summed E-state index contributed by atoms with van der Waals surface area (Å²) in [6.07, 6.45) is -0.887. The Morgan fingerprint density at radius 3 is 2.68 bits per heavy atom. The van der Waals surface area contributed by atoms with E-state index in [1.807, 2.05) is 0 Å². The lowest BCUT2D eigenvalue weighted by Crippen LogP contribution is -2.54. The molecule has 1 saturated heterocycles. The van der Waals surface area contributed by atoms with Crippen molar-refractivity contribution in [2.45, 2.75) is 39.2 Å². The Bertz CT molecular complexity index is 624. The number of urea groups is 1. The molecule has 2 bridgehead atoms. The van der Waals surface area contributed by atoms with Crippen LogP contribution in [0.5, 0.6) is 0 Å². The van der Waals surface area contributed by atoms with Crippen LogP contribution in [0.4, 0.5) is 9.18 Å². The maximum Gasteiger partial charge on any atom is 0.370 e. The highest BCUT2D eigenvalue weighted by Crippen LogP contribution is 2.30. The fraction of sp³-hybridized carbons (Fsp3) is 0.571. The smallest absolute Gasteiger partial charge is 0.370 e. The molecule has 0 saturated carbocycles. The van der Waals surface area contributed by atoms with Crippen molar-refractivity contribution in [3.05, 3.63) is 11.6 Å². The van der Waals surface area contributed by atoms with Gasteiger partial charge in [-0.2, -0.15) is 5.06 Å². The van der Waals surface area contributed by atoms with E-state index in [2.05, 4.69) is 15.6 Å². The van der Waals surface area contributed by atoms with Crippen LogP contribution in [0.2, 0.25) is 0 Å². The van der Waals surface area contributed by atoms with E-state index in [4.69, 9.17) is 4.84 Å². The number of hydroxylamine groups is 2. The first kappa shape index (κ1) is 18.6. The minimum atomic E-state index is -2.45. The molecule has 3 atom stereocenters. The van der Waals surface area contributed by atoms with E-state index < -0.39 is 42.3 Å². The number of ether oxygens (including phenoxy) is 1. The van der Waals surface area contributed by atoms with Crippen LogP contribution < -0.4 is 10.9 Å². The van der Waals surface area contributed by atoms with E-state index in [1.165, 1.54) is 13.8 Å². The fourth-order valence-electron chi connectivity index (χ4n) is 2.64. The summed E-state index contributed by atoms with van der Waals surface area (Å²) in [5, 5.41) is 0.705. The van der Waals surface area contributed by atoms with Crippen molar-refractivity contribution < 1.29 is 33.1 Å². The molecule has 0 spiro atoms. The molecule has 25 heavy (non-hydrogen) atoms. The average molecular weight is 358 g/mol. The average Bonchev–Trinajstić information content (AvgIpc) is 2.78. The zero-order valence-corrected chi connectivity index (χ0v) is 13.9. The first-order valence-corrected chi connectivity index (χ1v) is 7.58. The molecule has 4 amide bonds. The van der Waals surface area contributed by atoms with E-state index in [9.17, 15) is 23.6 Å². The van der Waals surface area contributed by atoms with Gasteiger partial charge in [0.2, 0.25) is 5.91 Å². The molecule has 2 aliphatic heterocycles. The first-order chi connectivity index (χ1) is 11.8. The second kappa shape index (κ2) is 7.47. The number of hydrazine groups is 1. The summed E-state index contributed by atoms with van der Waals surface area (Å²) in [4.78, 5) is 52.8. The van der Waals surface area contributed by atoms with Crippen LogP contribution in [-0.4, -0.2) is 65.4 Å². The third-order valence-electron chi connectivity index (χ3n) is 3.61. The topological polar surface area (TPSA) is 117 Å². The van der Waals surface area contributed by atoms with Crippen molar-refractivity contribution >= 4 is 23.8 Å². The predicted molar refractivity (Wildman–Crippen MR) is 79.8 cm³/mol. The summed E-state index contributed by atoms with van der Waals surface area (Å²) in [6.45, 7) is 4.38. The standard InChI is InChI=1S/C14H19FN4O6/c1-4-24-13(22)11(15)25-19-9-5-7(2)10(18(6-9)14(19)23)12(21)17-16-8(3)20/h5,9-11H,4,6H2,1-3H3,(H,16,20)(H,17,21)/t9?,10-,11?/m0/s1. The van der Waals surface area contributed by atoms with Gasteiger partial charge < -0.3 is 9.64 Å². The molecule has 0 aliphatic carbocycles. The molecule has 0 aromatic rings. The van der Waals surface area contributed by atoms with Gasteiger partial charge in [-0.1, -0.05) is 6.08 Å². The SMILES string of the molecule is CCOC(=O)C(F)ON1C(=O)N2CC1C=C(C)[C@H]2C(=O)NNC(C)=O. The van der Waals surface area contributed by atoms with E-state index in [-0.39, 0.29) is 13.2 Å². The van der Waals surface area contributed by atoms with Crippen LogP contribution in [-0.2, 0) is 24.0 Å². The maximum absolute atomic E-state index is 13.8. The lowest BCUT2D eigenvalue weighted by molar-refractivity contribution is -0.223. The van der Waals surface area contributed by atoms with E-state index in [1.54, 1.807) is 13.0 Å². The van der Waals surface area contributed by atoms with Crippen LogP contribution in [0.25, 0.3) is 0 Å². The number of nitrogens with one attached hydrogen (secondary N) is 2. The van der Waals surface area contributed by atoms with Gasteiger partial charge in [0.15, 0.2) is 0 Å². The van der Waals surface area contributed by atoms with Gasteiger partial charge in [-0.3, -0.25) is 20.4 Å². The van der Waals surface area contributed by atoms with Crippen LogP contribution in [0, 0.1) is 0 Å². The van der Waals surface area contributed by atoms with Crippen LogP contribution in [0.1, 0.15) is 20.8 Å². The largest absolute Gasteiger partial charge is 0.462 e. The molecular weight excluding hydrogens is 339 g/mol. The van der Waals surface area contributed by atoms with Gasteiger partial charge in [-0.25, -0.2) is 18.8 Å². The normalized spacial score (nSPS) is 23.0. The second-order valence-electron chi connectivity index (χ2n) is 5.49. The molecule has 0 radical (unpaired) electrons. The lowest BCUT2D eigenvalue weighted by Gasteiger charge is -2.28. The number of esters is 1. The number of nitrogens with zero attached hydrogens (tertiary/aromatic N) is 2. The van der Waals surface area contributed by atoms with Gasteiger partial charge in [-0.05, 0) is 19.4 Å². The van der Waals surface area contributed by atoms with Gasteiger partial charge in [0.25, 0.3) is 5.91 Å². The monoisotopic (exact) mass is 358 g/mol. The van der Waals surface area contributed by atoms with Gasteiger partial charge in [0.05, 0.1) is 19.2 Å². The quantitative estimate of drug-likeness (QED) is 0.384. The number of alkyl halides is 1. The maximum atomic E-state index is 13.8.